The molecule has 0 aromatic heterocycles. The molecule has 10 atom stereocenters. The number of hydrazine groups is 1. The Hall–Kier alpha value is -4.32. The maximum absolute atomic E-state index is 14.8. The van der Waals surface area contributed by atoms with Crippen LogP contribution in [0.1, 0.15) is 93.4 Å². The minimum Gasteiger partial charge on any atom is -0.458 e. The van der Waals surface area contributed by atoms with Gasteiger partial charge in [0.25, 0.3) is 29.5 Å². The number of hydrazone groups is 1. The van der Waals surface area contributed by atoms with Crippen LogP contribution in [0.2, 0.25) is 0 Å². The number of ether oxygens (including phenoxy) is 3. The second-order valence-corrected chi connectivity index (χ2v) is 16.8. The lowest BCUT2D eigenvalue weighted by Gasteiger charge is -2.47. The summed E-state index contributed by atoms with van der Waals surface area (Å²) in [6.45, 7) is 9.73. The molecule has 6 amide bonds. The normalized spacial score (nSPS) is 33.0. The predicted molar refractivity (Wildman–Crippen MR) is 207 cm³/mol. The number of hydrogen-bond acceptors (Lipinski definition) is 16. The molecule has 10 unspecified atom stereocenters. The maximum Gasteiger partial charge on any atom is 0.331 e. The molecule has 7 N–H and O–H groups in total. The molecule has 0 aromatic carbocycles. The number of carbonyl (C=O) groups is 7. The van der Waals surface area contributed by atoms with Crippen LogP contribution in [0.5, 0.6) is 0 Å². The average molecular weight is 855 g/mol. The highest BCUT2D eigenvalue weighted by molar-refractivity contribution is 5.97. The number of fused-ring (bicyclic) bond motifs is 2. The van der Waals surface area contributed by atoms with E-state index in [2.05, 4.69) is 21.2 Å². The largest absolute Gasteiger partial charge is 0.458 e. The van der Waals surface area contributed by atoms with E-state index in [1.54, 1.807) is 6.92 Å². The standard InChI is InChI=1S/C38H62N8O14/c1-20(2)17-24-13-14-38(55,60-23(24)6)37(7,54)36(53)42-29-30(21(3)4)59-35(52)22(5)45(56)32(49)25-11-9-15-40-43(25)28(47)18-39-31(48)27(19-58-8)46(57)33(50)26-12-10-16-41-44(26)34(29)51/h15,20-27,29-30,41,54-57H,9-14,16-19H2,1-8H3,(H,39,48)(H,42,53). The molecule has 0 bridgehead atoms. The van der Waals surface area contributed by atoms with Crippen molar-refractivity contribution in [3.63, 3.8) is 0 Å². The number of nitrogens with zero attached hydrogens (tertiary/aromatic N) is 5. The minimum absolute atomic E-state index is 0.0104. The van der Waals surface area contributed by atoms with Crippen molar-refractivity contribution in [2.24, 2.45) is 22.9 Å². The minimum atomic E-state index is -2.72. The van der Waals surface area contributed by atoms with Gasteiger partial charge >= 0.3 is 5.97 Å². The molecule has 3 fully saturated rings. The number of hydroxylamine groups is 4. The summed E-state index contributed by atoms with van der Waals surface area (Å²) in [6.07, 6.45) is 0.467. The van der Waals surface area contributed by atoms with Crippen LogP contribution >= 0.6 is 0 Å². The molecule has 0 spiro atoms. The van der Waals surface area contributed by atoms with Crippen molar-refractivity contribution in [1.82, 2.24) is 36.2 Å². The van der Waals surface area contributed by atoms with Crippen LogP contribution in [0.25, 0.3) is 0 Å². The number of esters is 1. The molecule has 4 aliphatic heterocycles. The Labute approximate surface area is 348 Å². The number of carbonyl (C=O) groups excluding carboxylic acids is 7. The molecule has 0 radical (unpaired) electrons. The van der Waals surface area contributed by atoms with Crippen molar-refractivity contribution in [3.8, 4) is 0 Å². The number of methoxy groups -OCH3 is 1. The van der Waals surface area contributed by atoms with Gasteiger partial charge in [-0.2, -0.15) is 5.10 Å². The number of amides is 6. The first-order chi connectivity index (χ1) is 28.1. The highest BCUT2D eigenvalue weighted by atomic mass is 16.6. The van der Waals surface area contributed by atoms with Crippen LogP contribution in [-0.4, -0.2) is 169 Å². The van der Waals surface area contributed by atoms with Gasteiger partial charge in [-0.1, -0.05) is 27.7 Å². The average Bonchev–Trinajstić information content (AvgIpc) is 3.21. The molecule has 22 nitrogen and oxygen atoms in total. The highest BCUT2D eigenvalue weighted by Crippen LogP contribution is 2.40. The van der Waals surface area contributed by atoms with E-state index in [9.17, 15) is 54.2 Å². The van der Waals surface area contributed by atoms with Gasteiger partial charge in [-0.05, 0) is 77.0 Å². The fourth-order valence-corrected chi connectivity index (χ4v) is 7.84. The van der Waals surface area contributed by atoms with E-state index < -0.39 is 114 Å². The molecule has 0 aromatic rings. The zero-order valence-corrected chi connectivity index (χ0v) is 35.5. The number of aliphatic hydroxyl groups is 2. The molecule has 3 saturated heterocycles. The molecule has 4 aliphatic rings. The Balaban J connectivity index is 1.80. The van der Waals surface area contributed by atoms with Crippen LogP contribution in [-0.2, 0) is 47.8 Å². The van der Waals surface area contributed by atoms with Crippen molar-refractivity contribution in [2.75, 3.05) is 26.8 Å². The molecule has 22 heteroatoms. The van der Waals surface area contributed by atoms with E-state index in [1.165, 1.54) is 27.2 Å². The van der Waals surface area contributed by atoms with E-state index in [0.717, 1.165) is 30.3 Å². The lowest BCUT2D eigenvalue weighted by Crippen LogP contribution is -2.70. The SMILES string of the molecule is COCC1C(=O)NCC(=O)N2N=CCCC2C(=O)N(O)C(C)C(=O)OC(C(C)C)C(NC(=O)C(C)(O)C2(O)CCC(CC(C)C)C(C)O2)C(=O)N2NCCCC2C(=O)N1O. The van der Waals surface area contributed by atoms with Crippen molar-refractivity contribution in [3.05, 3.63) is 0 Å². The Morgan fingerprint density at radius 3 is 2.32 bits per heavy atom. The van der Waals surface area contributed by atoms with Crippen LogP contribution in [0.4, 0.5) is 0 Å². The molecule has 4 heterocycles. The van der Waals surface area contributed by atoms with E-state index in [-0.39, 0.29) is 54.7 Å². The van der Waals surface area contributed by atoms with Gasteiger partial charge in [-0.3, -0.25) is 44.2 Å². The second-order valence-electron chi connectivity index (χ2n) is 16.8. The second kappa shape index (κ2) is 20.0. The van der Waals surface area contributed by atoms with Crippen LogP contribution in [0.15, 0.2) is 5.10 Å². The topological polar surface area (TPSA) is 290 Å². The Morgan fingerprint density at radius 1 is 1.03 bits per heavy atom. The quantitative estimate of drug-likeness (QED) is 0.111. The molecule has 60 heavy (non-hydrogen) atoms. The number of rotatable bonds is 8. The van der Waals surface area contributed by atoms with Crippen LogP contribution < -0.4 is 16.1 Å². The van der Waals surface area contributed by atoms with Gasteiger partial charge in [0.05, 0.1) is 19.3 Å². The summed E-state index contributed by atoms with van der Waals surface area (Å²) in [5.41, 5.74) is 0.0616. The number of nitrogens with one attached hydrogen (secondary N) is 3. The first-order valence-corrected chi connectivity index (χ1v) is 20.4. The zero-order chi connectivity index (χ0) is 44.9. The summed E-state index contributed by atoms with van der Waals surface area (Å²) in [5, 5.41) is 56.2. The number of cyclic esters (lactones) is 1. The maximum atomic E-state index is 14.8. The molecular formula is C38H62N8O14. The number of hydrogen-bond donors (Lipinski definition) is 7. The molecule has 0 aliphatic carbocycles. The highest BCUT2D eigenvalue weighted by Gasteiger charge is 2.57. The first kappa shape index (κ1) is 48.3. The van der Waals surface area contributed by atoms with E-state index in [0.29, 0.717) is 12.3 Å². The van der Waals surface area contributed by atoms with Gasteiger partial charge in [-0.25, -0.2) is 25.4 Å². The van der Waals surface area contributed by atoms with Gasteiger partial charge in [0.15, 0.2) is 17.7 Å². The zero-order valence-electron chi connectivity index (χ0n) is 35.5. The summed E-state index contributed by atoms with van der Waals surface area (Å²) in [6, 6.07) is -8.47. The monoisotopic (exact) mass is 854 g/mol. The van der Waals surface area contributed by atoms with Crippen molar-refractivity contribution < 1.29 is 68.4 Å². The van der Waals surface area contributed by atoms with E-state index in [1.807, 2.05) is 13.8 Å². The lowest BCUT2D eigenvalue weighted by atomic mass is 9.79. The third kappa shape index (κ3) is 10.4. The predicted octanol–water partition coefficient (Wildman–Crippen LogP) is -1.22. The summed E-state index contributed by atoms with van der Waals surface area (Å²) in [4.78, 5) is 97.4. The third-order valence-corrected chi connectivity index (χ3v) is 11.5. The molecule has 4 rings (SSSR count). The van der Waals surface area contributed by atoms with Crippen molar-refractivity contribution >= 4 is 47.6 Å². The lowest BCUT2D eigenvalue weighted by molar-refractivity contribution is -0.326. The van der Waals surface area contributed by atoms with E-state index in [4.69, 9.17) is 14.2 Å². The summed E-state index contributed by atoms with van der Waals surface area (Å²) in [7, 11) is 1.19. The smallest absolute Gasteiger partial charge is 0.331 e. The van der Waals surface area contributed by atoms with Crippen LogP contribution in [0.3, 0.4) is 0 Å². The van der Waals surface area contributed by atoms with Crippen LogP contribution in [0, 0.1) is 17.8 Å². The third-order valence-electron chi connectivity index (χ3n) is 11.5. The summed E-state index contributed by atoms with van der Waals surface area (Å²) < 4.78 is 16.8. The fourth-order valence-electron chi connectivity index (χ4n) is 7.84. The van der Waals surface area contributed by atoms with Crippen molar-refractivity contribution in [1.29, 1.82) is 0 Å². The summed E-state index contributed by atoms with van der Waals surface area (Å²) in [5.74, 6) is -10.9. The van der Waals surface area contributed by atoms with Gasteiger partial charge in [0.2, 0.25) is 11.7 Å². The fraction of sp³-hybridized carbons (Fsp3) is 0.789. The summed E-state index contributed by atoms with van der Waals surface area (Å²) >= 11 is 0. The van der Waals surface area contributed by atoms with Gasteiger partial charge in [0.1, 0.15) is 24.2 Å². The molecular weight excluding hydrogens is 792 g/mol. The Kier molecular flexibility index (Phi) is 16.1. The van der Waals surface area contributed by atoms with Crippen molar-refractivity contribution in [2.45, 2.75) is 147 Å². The van der Waals surface area contributed by atoms with Gasteiger partial charge in [-0.15, -0.1) is 0 Å². The Bertz CT molecular complexity index is 1650. The van der Waals surface area contributed by atoms with E-state index >= 15 is 0 Å². The Morgan fingerprint density at radius 2 is 1.70 bits per heavy atom. The van der Waals surface area contributed by atoms with Gasteiger partial charge in [0, 0.05) is 26.3 Å². The van der Waals surface area contributed by atoms with Gasteiger partial charge < -0.3 is 35.1 Å². The molecule has 0 saturated carbocycles. The first-order valence-electron chi connectivity index (χ1n) is 20.4. The molecule has 338 valence electrons.